The lowest BCUT2D eigenvalue weighted by Crippen LogP contribution is -2.43. The Morgan fingerprint density at radius 3 is 2.73 bits per heavy atom. The van der Waals surface area contributed by atoms with Gasteiger partial charge in [-0.05, 0) is 19.3 Å². The monoisotopic (exact) mass is 308 g/mol. The third-order valence-electron chi connectivity index (χ3n) is 3.68. The van der Waals surface area contributed by atoms with Gasteiger partial charge in [0.2, 0.25) is 0 Å². The molecule has 1 heterocycles. The minimum absolute atomic E-state index is 0.436. The molecule has 0 fully saturated rings. The molecule has 0 aliphatic carbocycles. The Balaban J connectivity index is 2.27. The van der Waals surface area contributed by atoms with Crippen LogP contribution in [0.25, 0.3) is 0 Å². The van der Waals surface area contributed by atoms with Crippen molar-refractivity contribution in [1.82, 2.24) is 25.4 Å². The van der Waals surface area contributed by atoms with E-state index < -0.39 is 0 Å². The molecule has 0 saturated heterocycles. The maximum atomic E-state index is 4.29. The van der Waals surface area contributed by atoms with Gasteiger partial charge in [0.15, 0.2) is 5.96 Å². The average Bonchev–Trinajstić information content (AvgIpc) is 2.93. The minimum Gasteiger partial charge on any atom is -0.355 e. The number of aromatic nitrogens is 3. The quantitative estimate of drug-likeness (QED) is 0.542. The first-order valence-electron chi connectivity index (χ1n) is 8.40. The zero-order valence-corrected chi connectivity index (χ0v) is 14.8. The van der Waals surface area contributed by atoms with Crippen molar-refractivity contribution in [2.45, 2.75) is 66.0 Å². The van der Waals surface area contributed by atoms with E-state index in [4.69, 9.17) is 0 Å². The lowest BCUT2D eigenvalue weighted by Gasteiger charge is -2.18. The summed E-state index contributed by atoms with van der Waals surface area (Å²) < 4.78 is 2.08. The highest BCUT2D eigenvalue weighted by atomic mass is 15.3. The number of nitrogens with one attached hydrogen (secondary N) is 2. The lowest BCUT2D eigenvalue weighted by atomic mass is 10.0. The molecule has 0 spiro atoms. The summed E-state index contributed by atoms with van der Waals surface area (Å²) in [6, 6.07) is 0.436. The second-order valence-electron chi connectivity index (χ2n) is 6.16. The zero-order valence-electron chi connectivity index (χ0n) is 14.8. The molecule has 22 heavy (non-hydrogen) atoms. The summed E-state index contributed by atoms with van der Waals surface area (Å²) in [5, 5.41) is 14.8. The summed E-state index contributed by atoms with van der Waals surface area (Å²) >= 11 is 0. The molecule has 1 aromatic heterocycles. The summed E-state index contributed by atoms with van der Waals surface area (Å²) in [7, 11) is 1.81. The molecule has 0 saturated carbocycles. The molecule has 1 aromatic rings. The number of nitrogens with zero attached hydrogens (tertiary/aromatic N) is 4. The van der Waals surface area contributed by atoms with E-state index in [-0.39, 0.29) is 0 Å². The van der Waals surface area contributed by atoms with Gasteiger partial charge in [-0.25, -0.2) is 0 Å². The first kappa shape index (κ1) is 18.5. The summed E-state index contributed by atoms with van der Waals surface area (Å²) in [6.07, 6.45) is 6.39. The van der Waals surface area contributed by atoms with Crippen LogP contribution in [0.5, 0.6) is 0 Å². The van der Waals surface area contributed by atoms with Gasteiger partial charge in [-0.1, -0.05) is 33.6 Å². The molecule has 6 heteroatoms. The molecule has 1 atom stereocenters. The number of guanidine groups is 1. The second kappa shape index (κ2) is 10.2. The number of hydrogen-bond donors (Lipinski definition) is 2. The van der Waals surface area contributed by atoms with Crippen molar-refractivity contribution < 1.29 is 0 Å². The predicted molar refractivity (Wildman–Crippen MR) is 92.0 cm³/mol. The van der Waals surface area contributed by atoms with E-state index in [1.165, 1.54) is 19.3 Å². The molecule has 0 aromatic carbocycles. The van der Waals surface area contributed by atoms with Crippen molar-refractivity contribution in [1.29, 1.82) is 0 Å². The smallest absolute Gasteiger partial charge is 0.191 e. The van der Waals surface area contributed by atoms with Crippen molar-refractivity contribution in [2.24, 2.45) is 10.9 Å². The molecule has 2 N–H and O–H groups in total. The number of rotatable bonds is 9. The Bertz CT molecular complexity index is 438. The van der Waals surface area contributed by atoms with Crippen molar-refractivity contribution >= 4 is 5.96 Å². The highest BCUT2D eigenvalue weighted by molar-refractivity contribution is 5.79. The van der Waals surface area contributed by atoms with E-state index in [2.05, 4.69) is 58.1 Å². The van der Waals surface area contributed by atoms with Gasteiger partial charge >= 0.3 is 0 Å². The van der Waals surface area contributed by atoms with Crippen LogP contribution < -0.4 is 10.6 Å². The molecule has 0 bridgehead atoms. The van der Waals surface area contributed by atoms with E-state index >= 15 is 0 Å². The Kier molecular flexibility index (Phi) is 8.55. The van der Waals surface area contributed by atoms with Gasteiger partial charge in [-0.15, -0.1) is 10.2 Å². The fraction of sp³-hybridized carbons (Fsp3) is 0.812. The van der Waals surface area contributed by atoms with Gasteiger partial charge < -0.3 is 15.2 Å². The molecule has 0 aliphatic rings. The molecule has 126 valence electrons. The summed E-state index contributed by atoms with van der Waals surface area (Å²) in [5.74, 6) is 2.66. The Hall–Kier alpha value is -1.59. The molecular weight excluding hydrogens is 276 g/mol. The van der Waals surface area contributed by atoms with Gasteiger partial charge in [0.1, 0.15) is 12.2 Å². The van der Waals surface area contributed by atoms with Gasteiger partial charge in [-0.2, -0.15) is 0 Å². The highest BCUT2D eigenvalue weighted by Gasteiger charge is 2.06. The Labute approximate surface area is 134 Å². The molecule has 1 unspecified atom stereocenters. The lowest BCUT2D eigenvalue weighted by molar-refractivity contribution is 0.490. The molecule has 0 radical (unpaired) electrons. The molecule has 0 aliphatic heterocycles. The van der Waals surface area contributed by atoms with Crippen LogP contribution in [-0.2, 0) is 13.0 Å². The van der Waals surface area contributed by atoms with E-state index in [0.717, 1.165) is 37.2 Å². The predicted octanol–water partition coefficient (Wildman–Crippen LogP) is 2.22. The third kappa shape index (κ3) is 6.91. The van der Waals surface area contributed by atoms with E-state index in [1.807, 2.05) is 7.05 Å². The van der Waals surface area contributed by atoms with Crippen LogP contribution in [0.2, 0.25) is 0 Å². The van der Waals surface area contributed by atoms with Gasteiger partial charge in [0, 0.05) is 32.6 Å². The van der Waals surface area contributed by atoms with Gasteiger partial charge in [0.25, 0.3) is 0 Å². The maximum absolute atomic E-state index is 4.29. The minimum atomic E-state index is 0.436. The molecule has 1 rings (SSSR count). The standard InChI is InChI=1S/C16H32N6/c1-6-15-21-19-12-22(15)11-10-18-16(17-5)20-14(4)9-7-8-13(2)3/h12-14H,6-11H2,1-5H3,(H2,17,18,20). The van der Waals surface area contributed by atoms with Crippen LogP contribution in [-0.4, -0.2) is 40.4 Å². The second-order valence-corrected chi connectivity index (χ2v) is 6.16. The van der Waals surface area contributed by atoms with Crippen LogP contribution in [0.3, 0.4) is 0 Å². The molecular formula is C16H32N6. The third-order valence-corrected chi connectivity index (χ3v) is 3.68. The number of hydrogen-bond acceptors (Lipinski definition) is 3. The maximum Gasteiger partial charge on any atom is 0.191 e. The Morgan fingerprint density at radius 1 is 1.32 bits per heavy atom. The van der Waals surface area contributed by atoms with Crippen molar-refractivity contribution in [3.63, 3.8) is 0 Å². The largest absolute Gasteiger partial charge is 0.355 e. The fourth-order valence-electron chi connectivity index (χ4n) is 2.37. The SMILES string of the molecule is CCc1nncn1CCNC(=NC)NC(C)CCCC(C)C. The van der Waals surface area contributed by atoms with E-state index in [1.54, 1.807) is 6.33 Å². The van der Waals surface area contributed by atoms with Crippen LogP contribution in [0, 0.1) is 5.92 Å². The topological polar surface area (TPSA) is 67.1 Å². The van der Waals surface area contributed by atoms with Crippen LogP contribution in [0.15, 0.2) is 11.3 Å². The molecule has 0 amide bonds. The van der Waals surface area contributed by atoms with Crippen LogP contribution >= 0.6 is 0 Å². The first-order valence-corrected chi connectivity index (χ1v) is 8.40. The highest BCUT2D eigenvalue weighted by Crippen LogP contribution is 2.08. The van der Waals surface area contributed by atoms with Crippen molar-refractivity contribution in [3.8, 4) is 0 Å². The first-order chi connectivity index (χ1) is 10.6. The summed E-state index contributed by atoms with van der Waals surface area (Å²) in [6.45, 7) is 10.5. The van der Waals surface area contributed by atoms with Crippen molar-refractivity contribution in [3.05, 3.63) is 12.2 Å². The zero-order chi connectivity index (χ0) is 16.4. The Morgan fingerprint density at radius 2 is 2.09 bits per heavy atom. The van der Waals surface area contributed by atoms with E-state index in [9.17, 15) is 0 Å². The molecule has 6 nitrogen and oxygen atoms in total. The summed E-state index contributed by atoms with van der Waals surface area (Å²) in [5.41, 5.74) is 0. The van der Waals surface area contributed by atoms with E-state index in [0.29, 0.717) is 6.04 Å². The summed E-state index contributed by atoms with van der Waals surface area (Å²) in [4.78, 5) is 4.29. The fourth-order valence-corrected chi connectivity index (χ4v) is 2.37. The van der Waals surface area contributed by atoms with Crippen LogP contribution in [0.4, 0.5) is 0 Å². The normalized spacial score (nSPS) is 13.5. The van der Waals surface area contributed by atoms with Gasteiger partial charge in [-0.3, -0.25) is 4.99 Å². The van der Waals surface area contributed by atoms with Gasteiger partial charge in [0.05, 0.1) is 0 Å². The van der Waals surface area contributed by atoms with Crippen molar-refractivity contribution in [2.75, 3.05) is 13.6 Å². The average molecular weight is 308 g/mol. The number of aryl methyl sites for hydroxylation is 1. The number of aliphatic imine (C=N–C) groups is 1. The van der Waals surface area contributed by atoms with Crippen LogP contribution in [0.1, 0.15) is 52.8 Å².